The molecular weight excluding hydrogens is 215 g/mol. The van der Waals surface area contributed by atoms with Crippen LogP contribution in [-0.2, 0) is 16.3 Å². The van der Waals surface area contributed by atoms with E-state index in [0.717, 1.165) is 12.4 Å². The zero-order valence-electron chi connectivity index (χ0n) is 6.91. The number of thioether (sulfide) groups is 1. The largest absolute Gasteiger partial charge is 0.414 e. The van der Waals surface area contributed by atoms with E-state index >= 15 is 0 Å². The van der Waals surface area contributed by atoms with E-state index in [1.807, 2.05) is 18.7 Å². The first-order chi connectivity index (χ1) is 5.31. The number of hydrogen-bond acceptors (Lipinski definition) is 4. The van der Waals surface area contributed by atoms with Gasteiger partial charge in [-0.2, -0.15) is 16.3 Å². The zero-order valence-corrected chi connectivity index (χ0v) is 10.3. The highest BCUT2D eigenvalue weighted by molar-refractivity contribution is 8.62. The lowest BCUT2D eigenvalue weighted by atomic mass is 10.9. The molecule has 0 radical (unpaired) electrons. The fourth-order valence-electron chi connectivity index (χ4n) is 0.458. The Morgan fingerprint density at radius 3 is 2.64 bits per heavy atom. The van der Waals surface area contributed by atoms with Crippen LogP contribution in [-0.4, -0.2) is 23.9 Å². The van der Waals surface area contributed by atoms with Crippen molar-refractivity contribution in [1.29, 1.82) is 0 Å². The first-order valence-corrected chi connectivity index (χ1v) is 8.64. The maximum Gasteiger partial charge on any atom is 0.414 e. The van der Waals surface area contributed by atoms with Gasteiger partial charge in [-0.1, -0.05) is 6.92 Å². The van der Waals surface area contributed by atoms with Crippen LogP contribution in [0, 0.1) is 0 Å². The van der Waals surface area contributed by atoms with Crippen LogP contribution in [0.4, 0.5) is 0 Å². The van der Waals surface area contributed by atoms with Crippen LogP contribution in [0.5, 0.6) is 0 Å². The molecule has 1 atom stereocenters. The third-order valence-electron chi connectivity index (χ3n) is 0.863. The van der Waals surface area contributed by atoms with Crippen molar-refractivity contribution >= 4 is 41.1 Å². The zero-order chi connectivity index (χ0) is 8.53. The molecule has 0 heterocycles. The summed E-state index contributed by atoms with van der Waals surface area (Å²) >= 11 is 8.82. The Labute approximate surface area is 83.3 Å². The van der Waals surface area contributed by atoms with Gasteiger partial charge in [-0.15, -0.1) is 0 Å². The van der Waals surface area contributed by atoms with Gasteiger partial charge in [0.1, 0.15) is 11.4 Å². The highest BCUT2D eigenvalue weighted by Crippen LogP contribution is 2.39. The average Bonchev–Trinajstić information content (AvgIpc) is 1.99. The fourth-order valence-corrected chi connectivity index (χ4v) is 4.60. The molecule has 0 aliphatic carbocycles. The Balaban J connectivity index is 3.04. The van der Waals surface area contributed by atoms with E-state index in [1.165, 1.54) is 11.5 Å². The van der Waals surface area contributed by atoms with Gasteiger partial charge in [-0.05, 0) is 12.7 Å². The first-order valence-electron chi connectivity index (χ1n) is 3.62. The van der Waals surface area contributed by atoms with E-state index in [0.29, 0.717) is 0 Å². The third kappa shape index (κ3) is 9.09. The monoisotopic (exact) mass is 229 g/mol. The predicted molar refractivity (Wildman–Crippen MR) is 61.4 cm³/mol. The van der Waals surface area contributed by atoms with Gasteiger partial charge in [0.05, 0.1) is 12.4 Å². The van der Waals surface area contributed by atoms with Crippen LogP contribution < -0.4 is 0 Å². The molecule has 11 heavy (non-hydrogen) atoms. The van der Waals surface area contributed by atoms with Crippen LogP contribution in [0.2, 0.25) is 0 Å². The molecule has 0 fully saturated rings. The Bertz CT molecular complexity index is 110. The molecule has 0 aromatic heterocycles. The lowest BCUT2D eigenvalue weighted by molar-refractivity contribution is 0.396. The molecule has 0 spiro atoms. The molecule has 0 rings (SSSR count). The van der Waals surface area contributed by atoms with E-state index in [4.69, 9.17) is 16.3 Å². The third-order valence-corrected chi connectivity index (χ3v) is 5.85. The van der Waals surface area contributed by atoms with Crippen molar-refractivity contribution in [2.24, 2.45) is 0 Å². The van der Waals surface area contributed by atoms with E-state index in [2.05, 4.69) is 6.92 Å². The van der Waals surface area contributed by atoms with Crippen molar-refractivity contribution in [1.82, 2.24) is 0 Å². The van der Waals surface area contributed by atoms with Gasteiger partial charge >= 0.3 is 6.13 Å². The van der Waals surface area contributed by atoms with Crippen molar-refractivity contribution in [2.75, 3.05) is 23.9 Å². The molecule has 5 heteroatoms. The van der Waals surface area contributed by atoms with Gasteiger partial charge < -0.3 is 0 Å². The Morgan fingerprint density at radius 1 is 1.36 bits per heavy atom. The van der Waals surface area contributed by atoms with E-state index in [1.54, 1.807) is 11.4 Å². The molecule has 0 aromatic carbocycles. The van der Waals surface area contributed by atoms with Gasteiger partial charge in [0.25, 0.3) is 0 Å². The molecule has 66 valence electrons. The lowest BCUT2D eigenvalue weighted by Crippen LogP contribution is -1.82. The molecule has 0 aliphatic heterocycles. The van der Waals surface area contributed by atoms with Crippen molar-refractivity contribution in [3.05, 3.63) is 0 Å². The van der Waals surface area contributed by atoms with E-state index < -0.39 is 6.13 Å². The molecular formula is C6H14OPS3+. The molecule has 0 N–H and O–H groups in total. The van der Waals surface area contributed by atoms with Crippen LogP contribution >= 0.6 is 29.3 Å². The molecule has 0 saturated heterocycles. The Morgan fingerprint density at radius 2 is 2.09 bits per heavy atom. The summed E-state index contributed by atoms with van der Waals surface area (Å²) < 4.78 is 5.26. The molecule has 0 aromatic rings. The Hall–Kier alpha value is 1.18. The van der Waals surface area contributed by atoms with Crippen LogP contribution in [0.25, 0.3) is 0 Å². The molecule has 0 saturated carbocycles. The van der Waals surface area contributed by atoms with Crippen molar-refractivity contribution in [3.63, 3.8) is 0 Å². The fraction of sp³-hybridized carbons (Fsp3) is 1.00. The molecule has 0 amide bonds. The smallest absolute Gasteiger partial charge is 0.161 e. The van der Waals surface area contributed by atoms with Gasteiger partial charge in [-0.3, -0.25) is 0 Å². The van der Waals surface area contributed by atoms with Crippen LogP contribution in [0.1, 0.15) is 13.8 Å². The second-order valence-electron chi connectivity index (χ2n) is 1.67. The minimum Gasteiger partial charge on any atom is -0.161 e. The van der Waals surface area contributed by atoms with Crippen LogP contribution in [0.15, 0.2) is 0 Å². The summed E-state index contributed by atoms with van der Waals surface area (Å²) in [5.41, 5.74) is 0. The molecule has 1 unspecified atom stereocenters. The minimum absolute atomic E-state index is 0.611. The lowest BCUT2D eigenvalue weighted by Gasteiger charge is -1.90. The summed E-state index contributed by atoms with van der Waals surface area (Å²) in [6.45, 7) is 4.92. The standard InChI is InChI=1S/C6H14OPS3/c1-3-7-8(9)11-6-5-10-4-2/h3-6H2,1-2H3/q+1. The van der Waals surface area contributed by atoms with Gasteiger partial charge in [-0.25, -0.2) is 0 Å². The average molecular weight is 229 g/mol. The summed E-state index contributed by atoms with van der Waals surface area (Å²) in [4.78, 5) is 0. The molecule has 0 bridgehead atoms. The quantitative estimate of drug-likeness (QED) is 0.489. The van der Waals surface area contributed by atoms with Gasteiger partial charge in [0.15, 0.2) is 0 Å². The molecule has 0 aliphatic rings. The van der Waals surface area contributed by atoms with Crippen molar-refractivity contribution in [3.8, 4) is 0 Å². The van der Waals surface area contributed by atoms with Crippen molar-refractivity contribution in [2.45, 2.75) is 13.8 Å². The Kier molecular flexibility index (Phi) is 10.3. The van der Waals surface area contributed by atoms with Crippen LogP contribution in [0.3, 0.4) is 0 Å². The topological polar surface area (TPSA) is 9.23 Å². The SMILES string of the molecule is CCO[P+](=S)SCCSCC. The highest BCUT2D eigenvalue weighted by atomic mass is 32.9. The molecule has 1 nitrogen and oxygen atoms in total. The summed E-state index contributed by atoms with van der Waals surface area (Å²) in [5, 5.41) is 0. The summed E-state index contributed by atoms with van der Waals surface area (Å²) in [6.07, 6.45) is -0.611. The second-order valence-corrected chi connectivity index (χ2v) is 7.90. The van der Waals surface area contributed by atoms with Crippen molar-refractivity contribution < 1.29 is 4.52 Å². The first kappa shape index (κ1) is 12.2. The highest BCUT2D eigenvalue weighted by Gasteiger charge is 2.11. The number of hydrogen-bond donors (Lipinski definition) is 0. The summed E-state index contributed by atoms with van der Waals surface area (Å²) in [7, 11) is 0. The minimum atomic E-state index is -0.611. The maximum absolute atomic E-state index is 5.26. The predicted octanol–water partition coefficient (Wildman–Crippen LogP) is 3.28. The normalized spacial score (nSPS) is 11.6. The van der Waals surface area contributed by atoms with Gasteiger partial charge in [0.2, 0.25) is 11.8 Å². The maximum atomic E-state index is 5.26. The van der Waals surface area contributed by atoms with E-state index in [-0.39, 0.29) is 0 Å². The summed E-state index contributed by atoms with van der Waals surface area (Å²) in [6, 6.07) is 0. The van der Waals surface area contributed by atoms with Gasteiger partial charge in [0, 0.05) is 5.75 Å². The second kappa shape index (κ2) is 9.27. The van der Waals surface area contributed by atoms with E-state index in [9.17, 15) is 0 Å². The number of rotatable bonds is 7. The summed E-state index contributed by atoms with van der Waals surface area (Å²) in [5.74, 6) is 3.53.